The first-order valence-electron chi connectivity index (χ1n) is 7.58. The van der Waals surface area contributed by atoms with Crippen LogP contribution in [0.1, 0.15) is 44.1 Å². The first-order chi connectivity index (χ1) is 10.2. The SMILES string of the molecule is COc1ccc(CN=C(N)NC2CCCCCC2)cc1Br. The minimum Gasteiger partial charge on any atom is -0.496 e. The van der Waals surface area contributed by atoms with Crippen LogP contribution in [0.2, 0.25) is 0 Å². The van der Waals surface area contributed by atoms with Crippen LogP contribution in [-0.4, -0.2) is 19.1 Å². The zero-order valence-corrected chi connectivity index (χ0v) is 14.2. The van der Waals surface area contributed by atoms with E-state index in [0.717, 1.165) is 15.8 Å². The fourth-order valence-corrected chi connectivity index (χ4v) is 3.25. The van der Waals surface area contributed by atoms with E-state index < -0.39 is 0 Å². The van der Waals surface area contributed by atoms with Crippen LogP contribution in [-0.2, 0) is 6.54 Å². The molecule has 0 bridgehead atoms. The van der Waals surface area contributed by atoms with Gasteiger partial charge in [0, 0.05) is 6.04 Å². The molecule has 5 heteroatoms. The predicted molar refractivity (Wildman–Crippen MR) is 90.6 cm³/mol. The van der Waals surface area contributed by atoms with Gasteiger partial charge in [-0.1, -0.05) is 31.7 Å². The Kier molecular flexibility index (Phi) is 6.36. The number of aliphatic imine (C=N–C) groups is 1. The van der Waals surface area contributed by atoms with Gasteiger partial charge in [-0.05, 0) is 46.5 Å². The summed E-state index contributed by atoms with van der Waals surface area (Å²) in [5.41, 5.74) is 7.10. The minimum atomic E-state index is 0.485. The van der Waals surface area contributed by atoms with E-state index >= 15 is 0 Å². The van der Waals surface area contributed by atoms with E-state index in [1.807, 2.05) is 18.2 Å². The van der Waals surface area contributed by atoms with Gasteiger partial charge in [-0.25, -0.2) is 4.99 Å². The summed E-state index contributed by atoms with van der Waals surface area (Å²) in [5, 5.41) is 3.36. The third kappa shape index (κ3) is 5.23. The molecule has 0 saturated heterocycles. The van der Waals surface area contributed by atoms with Crippen molar-refractivity contribution in [3.63, 3.8) is 0 Å². The molecule has 1 aromatic carbocycles. The number of rotatable bonds is 4. The number of hydrogen-bond acceptors (Lipinski definition) is 2. The Labute approximate surface area is 135 Å². The molecule has 0 aliphatic heterocycles. The molecule has 0 atom stereocenters. The van der Waals surface area contributed by atoms with Crippen molar-refractivity contribution in [2.24, 2.45) is 10.7 Å². The standard InChI is InChI=1S/C16H24BrN3O/c1-21-15-9-8-12(10-14(15)17)11-19-16(18)20-13-6-4-2-3-5-7-13/h8-10,13H,2-7,11H2,1H3,(H3,18,19,20). The van der Waals surface area contributed by atoms with E-state index in [4.69, 9.17) is 10.5 Å². The van der Waals surface area contributed by atoms with Crippen molar-refractivity contribution in [2.75, 3.05) is 7.11 Å². The Morgan fingerprint density at radius 3 is 2.67 bits per heavy atom. The van der Waals surface area contributed by atoms with Crippen LogP contribution in [0.15, 0.2) is 27.7 Å². The number of hydrogen-bond donors (Lipinski definition) is 2. The highest BCUT2D eigenvalue weighted by Gasteiger charge is 2.12. The van der Waals surface area contributed by atoms with Crippen LogP contribution in [0.5, 0.6) is 5.75 Å². The van der Waals surface area contributed by atoms with Gasteiger partial charge < -0.3 is 15.8 Å². The lowest BCUT2D eigenvalue weighted by molar-refractivity contribution is 0.412. The van der Waals surface area contributed by atoms with Crippen LogP contribution >= 0.6 is 15.9 Å². The molecule has 2 rings (SSSR count). The number of nitrogens with two attached hydrogens (primary N) is 1. The van der Waals surface area contributed by atoms with E-state index in [2.05, 4.69) is 26.2 Å². The number of methoxy groups -OCH3 is 1. The maximum atomic E-state index is 6.00. The Hall–Kier alpha value is -1.23. The van der Waals surface area contributed by atoms with Gasteiger partial charge in [-0.3, -0.25) is 0 Å². The fraction of sp³-hybridized carbons (Fsp3) is 0.562. The van der Waals surface area contributed by atoms with Crippen LogP contribution in [0.4, 0.5) is 0 Å². The van der Waals surface area contributed by atoms with Gasteiger partial charge in [0.25, 0.3) is 0 Å². The molecule has 21 heavy (non-hydrogen) atoms. The average molecular weight is 354 g/mol. The lowest BCUT2D eigenvalue weighted by Crippen LogP contribution is -2.39. The Bertz CT molecular complexity index is 482. The molecule has 0 radical (unpaired) electrons. The van der Waals surface area contributed by atoms with Crippen LogP contribution in [0, 0.1) is 0 Å². The van der Waals surface area contributed by atoms with E-state index in [1.54, 1.807) is 7.11 Å². The average Bonchev–Trinajstić information content (AvgIpc) is 2.74. The summed E-state index contributed by atoms with van der Waals surface area (Å²) in [6.07, 6.45) is 7.66. The molecule has 0 spiro atoms. The highest BCUT2D eigenvalue weighted by molar-refractivity contribution is 9.10. The first kappa shape index (κ1) is 16.1. The second-order valence-corrected chi connectivity index (χ2v) is 6.36. The van der Waals surface area contributed by atoms with Crippen molar-refractivity contribution in [3.05, 3.63) is 28.2 Å². The predicted octanol–water partition coefficient (Wildman–Crippen LogP) is 3.58. The lowest BCUT2D eigenvalue weighted by Gasteiger charge is -2.16. The molecule has 1 aliphatic rings. The van der Waals surface area contributed by atoms with Gasteiger partial charge in [0.15, 0.2) is 5.96 Å². The van der Waals surface area contributed by atoms with E-state index in [9.17, 15) is 0 Å². The number of nitrogens with zero attached hydrogens (tertiary/aromatic N) is 1. The Morgan fingerprint density at radius 1 is 1.33 bits per heavy atom. The van der Waals surface area contributed by atoms with Gasteiger partial charge in [0.05, 0.1) is 18.1 Å². The van der Waals surface area contributed by atoms with Gasteiger partial charge in [0.2, 0.25) is 0 Å². The van der Waals surface area contributed by atoms with Gasteiger partial charge in [-0.15, -0.1) is 0 Å². The molecule has 4 nitrogen and oxygen atoms in total. The molecular formula is C16H24BrN3O. The normalized spacial score (nSPS) is 17.3. The quantitative estimate of drug-likeness (QED) is 0.494. The van der Waals surface area contributed by atoms with Crippen molar-refractivity contribution in [3.8, 4) is 5.75 Å². The lowest BCUT2D eigenvalue weighted by atomic mass is 10.1. The summed E-state index contributed by atoms with van der Waals surface area (Å²) in [7, 11) is 1.66. The molecule has 1 aliphatic carbocycles. The second-order valence-electron chi connectivity index (χ2n) is 5.50. The highest BCUT2D eigenvalue weighted by atomic mass is 79.9. The molecule has 116 valence electrons. The number of benzene rings is 1. The van der Waals surface area contributed by atoms with Gasteiger partial charge in [0.1, 0.15) is 5.75 Å². The van der Waals surface area contributed by atoms with E-state index in [1.165, 1.54) is 38.5 Å². The summed E-state index contributed by atoms with van der Waals surface area (Å²) in [6.45, 7) is 0.578. The largest absolute Gasteiger partial charge is 0.496 e. The molecule has 0 heterocycles. The van der Waals surface area contributed by atoms with Crippen LogP contribution in [0.25, 0.3) is 0 Å². The summed E-state index contributed by atoms with van der Waals surface area (Å²) >= 11 is 3.48. The van der Waals surface area contributed by atoms with Crippen molar-refractivity contribution in [2.45, 2.75) is 51.1 Å². The second kappa shape index (κ2) is 8.27. The summed E-state index contributed by atoms with van der Waals surface area (Å²) in [6, 6.07) is 6.44. The van der Waals surface area contributed by atoms with Gasteiger partial charge >= 0.3 is 0 Å². The van der Waals surface area contributed by atoms with Gasteiger partial charge in [-0.2, -0.15) is 0 Å². The van der Waals surface area contributed by atoms with Crippen LogP contribution < -0.4 is 15.8 Å². The maximum Gasteiger partial charge on any atom is 0.189 e. The van der Waals surface area contributed by atoms with Crippen molar-refractivity contribution < 1.29 is 4.74 Å². The molecule has 0 unspecified atom stereocenters. The first-order valence-corrected chi connectivity index (χ1v) is 8.37. The molecule has 3 N–H and O–H groups in total. The molecule has 0 aromatic heterocycles. The summed E-state index contributed by atoms with van der Waals surface area (Å²) in [4.78, 5) is 4.44. The van der Waals surface area contributed by atoms with E-state index in [-0.39, 0.29) is 0 Å². The number of ether oxygens (including phenoxy) is 1. The smallest absolute Gasteiger partial charge is 0.189 e. The van der Waals surface area contributed by atoms with Crippen molar-refractivity contribution in [1.29, 1.82) is 0 Å². The summed E-state index contributed by atoms with van der Waals surface area (Å²) in [5.74, 6) is 1.38. The zero-order chi connectivity index (χ0) is 15.1. The summed E-state index contributed by atoms with van der Waals surface area (Å²) < 4.78 is 6.16. The molecule has 1 fully saturated rings. The topological polar surface area (TPSA) is 59.6 Å². The molecule has 1 saturated carbocycles. The molecule has 1 aromatic rings. The van der Waals surface area contributed by atoms with E-state index in [0.29, 0.717) is 18.5 Å². The monoisotopic (exact) mass is 353 g/mol. The Morgan fingerprint density at radius 2 is 2.05 bits per heavy atom. The highest BCUT2D eigenvalue weighted by Crippen LogP contribution is 2.25. The molecule has 0 amide bonds. The molecular weight excluding hydrogens is 330 g/mol. The van der Waals surface area contributed by atoms with Crippen molar-refractivity contribution >= 4 is 21.9 Å². The zero-order valence-electron chi connectivity index (χ0n) is 12.6. The minimum absolute atomic E-state index is 0.485. The number of halogens is 1. The fourth-order valence-electron chi connectivity index (χ4n) is 2.66. The number of guanidine groups is 1. The van der Waals surface area contributed by atoms with Crippen LogP contribution in [0.3, 0.4) is 0 Å². The maximum absolute atomic E-state index is 6.00. The van der Waals surface area contributed by atoms with Crippen molar-refractivity contribution in [1.82, 2.24) is 5.32 Å². The number of nitrogens with one attached hydrogen (secondary N) is 1. The third-order valence-corrected chi connectivity index (χ3v) is 4.48. The Balaban J connectivity index is 1.88. The third-order valence-electron chi connectivity index (χ3n) is 3.86.